The van der Waals surface area contributed by atoms with Crippen LogP contribution in [-0.4, -0.2) is 18.3 Å². The highest BCUT2D eigenvalue weighted by Crippen LogP contribution is 2.09. The first-order valence-electron chi connectivity index (χ1n) is 4.53. The van der Waals surface area contributed by atoms with Crippen molar-refractivity contribution < 1.29 is 0 Å². The molecular formula is C10H18Si2. The minimum absolute atomic E-state index is 0.904. The molecule has 0 N–H and O–H groups in total. The standard InChI is InChI=1S/C10H18Si2/c1-12(2,3)8-9-4-6-10(11)7-5-9/h4-7H,8H2,1-3,11H3. The van der Waals surface area contributed by atoms with E-state index < -0.39 is 8.07 Å². The van der Waals surface area contributed by atoms with Gasteiger partial charge in [-0.25, -0.2) is 0 Å². The molecule has 12 heavy (non-hydrogen) atoms. The van der Waals surface area contributed by atoms with Crippen LogP contribution in [0.5, 0.6) is 0 Å². The zero-order valence-corrected chi connectivity index (χ0v) is 11.5. The Bertz CT molecular complexity index is 244. The third kappa shape index (κ3) is 3.37. The highest BCUT2D eigenvalue weighted by atomic mass is 28.3. The number of hydrogen-bond acceptors (Lipinski definition) is 0. The van der Waals surface area contributed by atoms with Crippen molar-refractivity contribution in [1.82, 2.24) is 0 Å². The van der Waals surface area contributed by atoms with Crippen molar-refractivity contribution in [2.45, 2.75) is 25.7 Å². The van der Waals surface area contributed by atoms with Gasteiger partial charge in [0, 0.05) is 18.3 Å². The molecule has 0 radical (unpaired) electrons. The van der Waals surface area contributed by atoms with E-state index in [9.17, 15) is 0 Å². The summed E-state index contributed by atoms with van der Waals surface area (Å²) in [4.78, 5) is 0. The molecule has 1 rings (SSSR count). The van der Waals surface area contributed by atoms with E-state index in [-0.39, 0.29) is 0 Å². The van der Waals surface area contributed by atoms with Crippen LogP contribution in [-0.2, 0) is 6.04 Å². The normalized spacial score (nSPS) is 11.9. The van der Waals surface area contributed by atoms with E-state index >= 15 is 0 Å². The van der Waals surface area contributed by atoms with E-state index in [1.165, 1.54) is 27.0 Å². The van der Waals surface area contributed by atoms with E-state index in [0.29, 0.717) is 0 Å². The van der Waals surface area contributed by atoms with Crippen molar-refractivity contribution in [1.29, 1.82) is 0 Å². The van der Waals surface area contributed by atoms with Gasteiger partial charge in [0.1, 0.15) is 0 Å². The molecule has 0 heterocycles. The lowest BCUT2D eigenvalue weighted by molar-refractivity contribution is 1.31. The largest absolute Gasteiger partial charge is 0.0707 e. The maximum absolute atomic E-state index is 2.42. The first-order valence-corrected chi connectivity index (χ1v) is 9.24. The lowest BCUT2D eigenvalue weighted by Crippen LogP contribution is -2.24. The van der Waals surface area contributed by atoms with Gasteiger partial charge in [-0.2, -0.15) is 0 Å². The van der Waals surface area contributed by atoms with Crippen molar-refractivity contribution in [3.63, 3.8) is 0 Å². The summed E-state index contributed by atoms with van der Waals surface area (Å²) >= 11 is 0. The Morgan fingerprint density at radius 3 is 2.00 bits per heavy atom. The molecule has 0 bridgehead atoms. The zero-order valence-electron chi connectivity index (χ0n) is 8.52. The van der Waals surface area contributed by atoms with Crippen LogP contribution in [0.3, 0.4) is 0 Å². The molecule has 0 atom stereocenters. The Labute approximate surface area is 79.4 Å². The Hall–Kier alpha value is -0.346. The van der Waals surface area contributed by atoms with Crippen LogP contribution in [0, 0.1) is 0 Å². The molecule has 0 saturated heterocycles. The summed E-state index contributed by atoms with van der Waals surface area (Å²) in [7, 11) is 0.271. The summed E-state index contributed by atoms with van der Waals surface area (Å²) in [5.41, 5.74) is 1.52. The molecule has 0 unspecified atom stereocenters. The smallest absolute Gasteiger partial charge is 0.0487 e. The van der Waals surface area contributed by atoms with E-state index in [1.54, 1.807) is 0 Å². The van der Waals surface area contributed by atoms with Gasteiger partial charge < -0.3 is 0 Å². The second-order valence-corrected chi connectivity index (χ2v) is 11.4. The Balaban J connectivity index is 2.71. The zero-order chi connectivity index (χ0) is 9.19. The molecule has 0 aliphatic carbocycles. The predicted octanol–water partition coefficient (Wildman–Crippen LogP) is 1.10. The minimum Gasteiger partial charge on any atom is -0.0707 e. The molecule has 1 aromatic rings. The van der Waals surface area contributed by atoms with Crippen LogP contribution in [0.1, 0.15) is 5.56 Å². The van der Waals surface area contributed by atoms with Crippen molar-refractivity contribution in [2.24, 2.45) is 0 Å². The van der Waals surface area contributed by atoms with Crippen LogP contribution in [0.4, 0.5) is 0 Å². The van der Waals surface area contributed by atoms with Crippen molar-refractivity contribution in [3.05, 3.63) is 29.8 Å². The van der Waals surface area contributed by atoms with Gasteiger partial charge in [-0.15, -0.1) is 0 Å². The number of hydrogen-bond donors (Lipinski definition) is 0. The Morgan fingerprint density at radius 1 is 1.08 bits per heavy atom. The van der Waals surface area contributed by atoms with E-state index in [0.717, 1.165) is 0 Å². The van der Waals surface area contributed by atoms with Crippen LogP contribution < -0.4 is 5.19 Å². The average molecular weight is 194 g/mol. The summed E-state index contributed by atoms with van der Waals surface area (Å²) in [6.45, 7) is 7.25. The summed E-state index contributed by atoms with van der Waals surface area (Å²) in [6, 6.07) is 10.4. The minimum atomic E-state index is -0.904. The second kappa shape index (κ2) is 3.58. The maximum atomic E-state index is 2.42. The van der Waals surface area contributed by atoms with Gasteiger partial charge in [-0.05, 0) is 6.04 Å². The van der Waals surface area contributed by atoms with Gasteiger partial charge in [-0.3, -0.25) is 0 Å². The van der Waals surface area contributed by atoms with E-state index in [1.807, 2.05) is 0 Å². The summed E-state index contributed by atoms with van der Waals surface area (Å²) < 4.78 is 0. The SMILES string of the molecule is C[Si](C)(C)Cc1ccc([SiH3])cc1. The molecule has 0 spiro atoms. The Kier molecular flexibility index (Phi) is 2.91. The van der Waals surface area contributed by atoms with Crippen molar-refractivity contribution in [3.8, 4) is 0 Å². The molecule has 1 aromatic carbocycles. The highest BCUT2D eigenvalue weighted by Gasteiger charge is 2.12. The van der Waals surface area contributed by atoms with Gasteiger partial charge in [0.05, 0.1) is 0 Å². The van der Waals surface area contributed by atoms with Gasteiger partial charge in [-0.1, -0.05) is 54.7 Å². The van der Waals surface area contributed by atoms with Gasteiger partial charge in [0.15, 0.2) is 0 Å². The number of rotatable bonds is 2. The summed E-state index contributed by atoms with van der Waals surface area (Å²) in [5, 5.41) is 1.49. The van der Waals surface area contributed by atoms with Crippen LogP contribution in [0.15, 0.2) is 24.3 Å². The van der Waals surface area contributed by atoms with Crippen LogP contribution in [0.2, 0.25) is 19.6 Å². The molecule has 2 heteroatoms. The quantitative estimate of drug-likeness (QED) is 0.619. The molecule has 66 valence electrons. The molecule has 0 fully saturated rings. The van der Waals surface area contributed by atoms with Gasteiger partial charge in [0.25, 0.3) is 0 Å². The molecule has 0 aliphatic rings. The van der Waals surface area contributed by atoms with E-state index in [2.05, 4.69) is 43.9 Å². The molecule has 0 saturated carbocycles. The van der Waals surface area contributed by atoms with Gasteiger partial charge in [0.2, 0.25) is 0 Å². The fourth-order valence-electron chi connectivity index (χ4n) is 1.32. The van der Waals surface area contributed by atoms with Gasteiger partial charge >= 0.3 is 0 Å². The predicted molar refractivity (Wildman–Crippen MR) is 63.1 cm³/mol. The number of benzene rings is 1. The first-order chi connectivity index (χ1) is 5.47. The molecule has 0 aliphatic heterocycles. The first kappa shape index (κ1) is 9.74. The molecule has 0 aromatic heterocycles. The Morgan fingerprint density at radius 2 is 1.58 bits per heavy atom. The van der Waals surface area contributed by atoms with Crippen LogP contribution >= 0.6 is 0 Å². The highest BCUT2D eigenvalue weighted by molar-refractivity contribution is 6.75. The molecule has 0 amide bonds. The average Bonchev–Trinajstić information content (AvgIpc) is 1.91. The third-order valence-corrected chi connectivity index (χ3v) is 3.99. The fourth-order valence-corrected chi connectivity index (χ4v) is 3.11. The lowest BCUT2D eigenvalue weighted by atomic mass is 10.2. The van der Waals surface area contributed by atoms with Crippen LogP contribution in [0.25, 0.3) is 0 Å². The molecule has 0 nitrogen and oxygen atoms in total. The molecular weight excluding hydrogens is 176 g/mol. The van der Waals surface area contributed by atoms with Crippen molar-refractivity contribution in [2.75, 3.05) is 0 Å². The summed E-state index contributed by atoms with van der Waals surface area (Å²) in [6.07, 6.45) is 0. The summed E-state index contributed by atoms with van der Waals surface area (Å²) in [5.74, 6) is 0. The fraction of sp³-hybridized carbons (Fsp3) is 0.400. The topological polar surface area (TPSA) is 0 Å². The third-order valence-electron chi connectivity index (χ3n) is 1.86. The lowest BCUT2D eigenvalue weighted by Gasteiger charge is -2.15. The van der Waals surface area contributed by atoms with Crippen molar-refractivity contribution >= 4 is 23.5 Å². The maximum Gasteiger partial charge on any atom is 0.0487 e. The van der Waals surface area contributed by atoms with E-state index in [4.69, 9.17) is 0 Å². The monoisotopic (exact) mass is 194 g/mol. The second-order valence-electron chi connectivity index (χ2n) is 4.72.